The number of carbonyl (C=O) groups is 2. The topological polar surface area (TPSA) is 87.2 Å². The second-order valence-electron chi connectivity index (χ2n) is 6.63. The summed E-state index contributed by atoms with van der Waals surface area (Å²) in [6.45, 7) is 5.49. The Balaban J connectivity index is 1.51. The molecule has 3 rings (SSSR count). The maximum absolute atomic E-state index is 12.5. The second-order valence-corrected chi connectivity index (χ2v) is 8.27. The quantitative estimate of drug-likeness (QED) is 0.795. The van der Waals surface area contributed by atoms with Crippen molar-refractivity contribution in [2.24, 2.45) is 5.92 Å². The third-order valence-corrected chi connectivity index (χ3v) is 5.71. The second kappa shape index (κ2) is 8.77. The van der Waals surface area contributed by atoms with E-state index in [1.165, 1.54) is 17.5 Å². The molecule has 0 aliphatic carbocycles. The Morgan fingerprint density at radius 2 is 2.15 bits per heavy atom. The SMILES string of the molecule is Cc1nc(NC(=O)CN2CCCC(C(=O)Nc3ccc(Cl)cn3)C2)sc1C. The van der Waals surface area contributed by atoms with Crippen LogP contribution in [0.3, 0.4) is 0 Å². The molecule has 7 nitrogen and oxygen atoms in total. The molecule has 1 aliphatic heterocycles. The number of anilines is 2. The molecule has 2 aromatic rings. The fraction of sp³-hybridized carbons (Fsp3) is 0.444. The number of carbonyl (C=O) groups excluding carboxylic acids is 2. The lowest BCUT2D eigenvalue weighted by molar-refractivity contribution is -0.123. The summed E-state index contributed by atoms with van der Waals surface area (Å²) in [5.41, 5.74) is 0.931. The van der Waals surface area contributed by atoms with Gasteiger partial charge in [-0.1, -0.05) is 11.6 Å². The third-order valence-electron chi connectivity index (χ3n) is 4.50. The van der Waals surface area contributed by atoms with Gasteiger partial charge in [0, 0.05) is 17.6 Å². The van der Waals surface area contributed by atoms with Crippen LogP contribution in [0.15, 0.2) is 18.3 Å². The molecule has 0 spiro atoms. The van der Waals surface area contributed by atoms with Crippen LogP contribution in [0, 0.1) is 19.8 Å². The summed E-state index contributed by atoms with van der Waals surface area (Å²) >= 11 is 7.28. The lowest BCUT2D eigenvalue weighted by atomic mass is 9.97. The third kappa shape index (κ3) is 5.47. The first-order chi connectivity index (χ1) is 12.9. The van der Waals surface area contributed by atoms with Gasteiger partial charge < -0.3 is 10.6 Å². The number of nitrogens with one attached hydrogen (secondary N) is 2. The first-order valence-corrected chi connectivity index (χ1v) is 9.99. The lowest BCUT2D eigenvalue weighted by Gasteiger charge is -2.31. The molecular formula is C18H22ClN5O2S. The van der Waals surface area contributed by atoms with Crippen molar-refractivity contribution in [3.63, 3.8) is 0 Å². The van der Waals surface area contributed by atoms with Gasteiger partial charge in [-0.15, -0.1) is 11.3 Å². The Kier molecular flexibility index (Phi) is 6.41. The van der Waals surface area contributed by atoms with Crippen molar-refractivity contribution < 1.29 is 9.59 Å². The zero-order valence-corrected chi connectivity index (χ0v) is 16.9. The number of aryl methyl sites for hydroxylation is 2. The summed E-state index contributed by atoms with van der Waals surface area (Å²) in [5.74, 6) is 0.118. The van der Waals surface area contributed by atoms with Gasteiger partial charge in [0.15, 0.2) is 5.13 Å². The van der Waals surface area contributed by atoms with Gasteiger partial charge in [0.25, 0.3) is 0 Å². The van der Waals surface area contributed by atoms with Crippen LogP contribution in [0.5, 0.6) is 0 Å². The summed E-state index contributed by atoms with van der Waals surface area (Å²) in [7, 11) is 0. The monoisotopic (exact) mass is 407 g/mol. The number of pyridine rings is 1. The number of likely N-dealkylation sites (tertiary alicyclic amines) is 1. The highest BCUT2D eigenvalue weighted by atomic mass is 35.5. The van der Waals surface area contributed by atoms with E-state index in [4.69, 9.17) is 11.6 Å². The summed E-state index contributed by atoms with van der Waals surface area (Å²) in [4.78, 5) is 36.3. The van der Waals surface area contributed by atoms with Crippen LogP contribution in [0.1, 0.15) is 23.4 Å². The van der Waals surface area contributed by atoms with Crippen molar-refractivity contribution in [1.82, 2.24) is 14.9 Å². The fourth-order valence-corrected chi connectivity index (χ4v) is 3.92. The minimum absolute atomic E-state index is 0.0823. The molecule has 0 bridgehead atoms. The van der Waals surface area contributed by atoms with Crippen LogP contribution < -0.4 is 10.6 Å². The number of halogens is 1. The number of hydrogen-bond donors (Lipinski definition) is 2. The molecule has 1 unspecified atom stereocenters. The molecule has 9 heteroatoms. The molecule has 1 atom stereocenters. The highest BCUT2D eigenvalue weighted by molar-refractivity contribution is 7.15. The smallest absolute Gasteiger partial charge is 0.240 e. The molecule has 0 saturated carbocycles. The number of rotatable bonds is 5. The highest BCUT2D eigenvalue weighted by Crippen LogP contribution is 2.22. The van der Waals surface area contributed by atoms with Gasteiger partial charge in [0.05, 0.1) is 23.2 Å². The normalized spacial score (nSPS) is 17.5. The Bertz CT molecular complexity index is 804. The van der Waals surface area contributed by atoms with E-state index < -0.39 is 0 Å². The molecular weight excluding hydrogens is 386 g/mol. The average molecular weight is 408 g/mol. The average Bonchev–Trinajstić information content (AvgIpc) is 2.94. The Hall–Kier alpha value is -2.03. The van der Waals surface area contributed by atoms with Crippen molar-refractivity contribution in [2.45, 2.75) is 26.7 Å². The molecule has 1 aliphatic rings. The number of nitrogens with zero attached hydrogens (tertiary/aromatic N) is 3. The van der Waals surface area contributed by atoms with Crippen LogP contribution in [0.4, 0.5) is 10.9 Å². The molecule has 2 N–H and O–H groups in total. The zero-order valence-electron chi connectivity index (χ0n) is 15.3. The van der Waals surface area contributed by atoms with Gasteiger partial charge in [-0.3, -0.25) is 14.5 Å². The molecule has 2 aromatic heterocycles. The van der Waals surface area contributed by atoms with Crippen molar-refractivity contribution in [2.75, 3.05) is 30.3 Å². The van der Waals surface area contributed by atoms with Crippen LogP contribution in [-0.4, -0.2) is 46.3 Å². The number of thiazole rings is 1. The summed E-state index contributed by atoms with van der Waals surface area (Å²) in [6, 6.07) is 3.36. The first-order valence-electron chi connectivity index (χ1n) is 8.79. The van der Waals surface area contributed by atoms with Gasteiger partial charge in [0.1, 0.15) is 5.82 Å². The van der Waals surface area contributed by atoms with E-state index in [0.29, 0.717) is 22.5 Å². The number of piperidine rings is 1. The van der Waals surface area contributed by atoms with Gasteiger partial charge in [0.2, 0.25) is 11.8 Å². The van der Waals surface area contributed by atoms with Gasteiger partial charge in [-0.05, 0) is 45.4 Å². The predicted molar refractivity (Wildman–Crippen MR) is 107 cm³/mol. The van der Waals surface area contributed by atoms with Crippen molar-refractivity contribution in [3.05, 3.63) is 33.9 Å². The highest BCUT2D eigenvalue weighted by Gasteiger charge is 2.27. The van der Waals surface area contributed by atoms with Crippen molar-refractivity contribution >= 4 is 45.7 Å². The summed E-state index contributed by atoms with van der Waals surface area (Å²) in [6.07, 6.45) is 3.16. The van der Waals surface area contributed by atoms with Crippen molar-refractivity contribution in [3.8, 4) is 0 Å². The van der Waals surface area contributed by atoms with E-state index in [1.807, 2.05) is 18.7 Å². The molecule has 27 heavy (non-hydrogen) atoms. The van der Waals surface area contributed by atoms with Crippen LogP contribution in [0.25, 0.3) is 0 Å². The molecule has 3 heterocycles. The van der Waals surface area contributed by atoms with Gasteiger partial charge >= 0.3 is 0 Å². The molecule has 144 valence electrons. The fourth-order valence-electron chi connectivity index (χ4n) is 2.98. The molecule has 2 amide bonds. The Morgan fingerprint density at radius 3 is 2.81 bits per heavy atom. The Morgan fingerprint density at radius 1 is 1.33 bits per heavy atom. The maximum atomic E-state index is 12.5. The molecule has 0 aromatic carbocycles. The summed E-state index contributed by atoms with van der Waals surface area (Å²) < 4.78 is 0. The lowest BCUT2D eigenvalue weighted by Crippen LogP contribution is -2.44. The molecule has 0 radical (unpaired) electrons. The van der Waals surface area contributed by atoms with E-state index in [0.717, 1.165) is 30.0 Å². The van der Waals surface area contributed by atoms with Crippen molar-refractivity contribution in [1.29, 1.82) is 0 Å². The number of aromatic nitrogens is 2. The van der Waals surface area contributed by atoms with E-state index in [1.54, 1.807) is 12.1 Å². The van der Waals surface area contributed by atoms with E-state index >= 15 is 0 Å². The minimum atomic E-state index is -0.173. The zero-order chi connectivity index (χ0) is 19.4. The van der Waals surface area contributed by atoms with Crippen LogP contribution in [0.2, 0.25) is 5.02 Å². The first kappa shape index (κ1) is 19.7. The van der Waals surface area contributed by atoms with E-state index in [2.05, 4.69) is 20.6 Å². The standard InChI is InChI=1S/C18H22ClN5O2S/c1-11-12(2)27-18(21-11)23-16(25)10-24-7-3-4-13(9-24)17(26)22-15-6-5-14(19)8-20-15/h5-6,8,13H,3-4,7,9-10H2,1-2H3,(H,20,22,26)(H,21,23,25). The van der Waals surface area contributed by atoms with E-state index in [-0.39, 0.29) is 24.3 Å². The van der Waals surface area contributed by atoms with Crippen LogP contribution in [-0.2, 0) is 9.59 Å². The molecule has 1 saturated heterocycles. The summed E-state index contributed by atoms with van der Waals surface area (Å²) in [5, 5.41) is 6.80. The number of amides is 2. The minimum Gasteiger partial charge on any atom is -0.310 e. The van der Waals surface area contributed by atoms with Gasteiger partial charge in [-0.2, -0.15) is 0 Å². The largest absolute Gasteiger partial charge is 0.310 e. The van der Waals surface area contributed by atoms with Gasteiger partial charge in [-0.25, -0.2) is 9.97 Å². The Labute approximate surface area is 167 Å². The molecule has 1 fully saturated rings. The van der Waals surface area contributed by atoms with E-state index in [9.17, 15) is 9.59 Å². The number of hydrogen-bond acceptors (Lipinski definition) is 6. The van der Waals surface area contributed by atoms with Crippen LogP contribution >= 0.6 is 22.9 Å². The maximum Gasteiger partial charge on any atom is 0.240 e. The predicted octanol–water partition coefficient (Wildman–Crippen LogP) is 3.10.